The number of hydrogen-bond donors (Lipinski definition) is 1. The van der Waals surface area contributed by atoms with E-state index in [1.807, 2.05) is 0 Å². The average molecular weight is 226 g/mol. The summed E-state index contributed by atoms with van der Waals surface area (Å²) < 4.78 is 0. The number of hydrogen-bond acceptors (Lipinski definition) is 2. The van der Waals surface area contributed by atoms with Gasteiger partial charge in [-0.3, -0.25) is 0 Å². The minimum atomic E-state index is 0.674. The Labute approximate surface area is 102 Å². The van der Waals surface area contributed by atoms with Gasteiger partial charge in [0.05, 0.1) is 0 Å². The average Bonchev–Trinajstić information content (AvgIpc) is 3.07. The molecule has 0 bridgehead atoms. The second-order valence-electron chi connectivity index (χ2n) is 5.70. The zero-order valence-corrected chi connectivity index (χ0v) is 11.8. The van der Waals surface area contributed by atoms with E-state index in [9.17, 15) is 0 Å². The molecule has 1 aliphatic carbocycles. The van der Waals surface area contributed by atoms with E-state index >= 15 is 0 Å². The minimum Gasteiger partial charge on any atom is -0.314 e. The molecule has 0 radical (unpaired) electrons. The van der Waals surface area contributed by atoms with Crippen molar-refractivity contribution >= 4 is 0 Å². The van der Waals surface area contributed by atoms with Gasteiger partial charge in [-0.15, -0.1) is 0 Å². The zero-order valence-electron chi connectivity index (χ0n) is 11.8. The minimum absolute atomic E-state index is 0.674. The largest absolute Gasteiger partial charge is 0.314 e. The van der Waals surface area contributed by atoms with Crippen LogP contribution in [0.1, 0.15) is 53.4 Å². The van der Waals surface area contributed by atoms with Gasteiger partial charge in [-0.1, -0.05) is 20.3 Å². The van der Waals surface area contributed by atoms with Gasteiger partial charge in [-0.25, -0.2) is 0 Å². The van der Waals surface area contributed by atoms with Crippen LogP contribution in [0.4, 0.5) is 0 Å². The lowest BCUT2D eigenvalue weighted by atomic mass is 10.00. The van der Waals surface area contributed by atoms with Gasteiger partial charge in [0.2, 0.25) is 0 Å². The predicted molar refractivity (Wildman–Crippen MR) is 71.8 cm³/mol. The molecule has 96 valence electrons. The van der Waals surface area contributed by atoms with Crippen molar-refractivity contribution in [2.45, 2.75) is 71.5 Å². The first kappa shape index (κ1) is 14.0. The Kier molecular flexibility index (Phi) is 5.77. The highest BCUT2D eigenvalue weighted by Crippen LogP contribution is 2.20. The lowest BCUT2D eigenvalue weighted by Gasteiger charge is -2.34. The van der Waals surface area contributed by atoms with E-state index in [-0.39, 0.29) is 0 Å². The Balaban J connectivity index is 2.25. The molecule has 0 saturated heterocycles. The predicted octanol–water partition coefficient (Wildman–Crippen LogP) is 2.88. The molecule has 2 heteroatoms. The first-order valence-corrected chi connectivity index (χ1v) is 7.01. The molecule has 0 aliphatic heterocycles. The van der Waals surface area contributed by atoms with Crippen molar-refractivity contribution in [2.24, 2.45) is 5.92 Å². The van der Waals surface area contributed by atoms with Crippen LogP contribution < -0.4 is 5.32 Å². The summed E-state index contributed by atoms with van der Waals surface area (Å²) in [5, 5.41) is 3.64. The van der Waals surface area contributed by atoms with Crippen LogP contribution >= 0.6 is 0 Å². The van der Waals surface area contributed by atoms with Crippen LogP contribution in [0.5, 0.6) is 0 Å². The fourth-order valence-corrected chi connectivity index (χ4v) is 2.23. The van der Waals surface area contributed by atoms with Crippen molar-refractivity contribution in [1.82, 2.24) is 10.2 Å². The van der Waals surface area contributed by atoms with Crippen LogP contribution in [0, 0.1) is 5.92 Å². The Morgan fingerprint density at radius 2 is 1.88 bits per heavy atom. The van der Waals surface area contributed by atoms with Crippen molar-refractivity contribution in [3.63, 3.8) is 0 Å². The summed E-state index contributed by atoms with van der Waals surface area (Å²) in [4.78, 5) is 2.54. The second kappa shape index (κ2) is 6.61. The van der Waals surface area contributed by atoms with E-state index in [1.54, 1.807) is 0 Å². The summed E-state index contributed by atoms with van der Waals surface area (Å²) in [6.45, 7) is 10.5. The van der Waals surface area contributed by atoms with Crippen LogP contribution in [-0.4, -0.2) is 36.6 Å². The van der Waals surface area contributed by atoms with Crippen LogP contribution in [0.15, 0.2) is 0 Å². The van der Waals surface area contributed by atoms with E-state index in [4.69, 9.17) is 0 Å². The lowest BCUT2D eigenvalue weighted by molar-refractivity contribution is 0.142. The SMILES string of the molecule is CCCC(C)N(C)C(C)C(C)CNC1CC1. The molecule has 0 amide bonds. The molecular formula is C14H30N2. The van der Waals surface area contributed by atoms with E-state index in [0.717, 1.165) is 12.0 Å². The Hall–Kier alpha value is -0.0800. The highest BCUT2D eigenvalue weighted by atomic mass is 15.2. The third-order valence-corrected chi connectivity index (χ3v) is 4.17. The molecule has 2 nitrogen and oxygen atoms in total. The van der Waals surface area contributed by atoms with Crippen LogP contribution in [0.3, 0.4) is 0 Å². The van der Waals surface area contributed by atoms with Gasteiger partial charge in [0.25, 0.3) is 0 Å². The first-order valence-electron chi connectivity index (χ1n) is 7.01. The maximum atomic E-state index is 3.64. The Morgan fingerprint density at radius 1 is 1.25 bits per heavy atom. The molecule has 0 spiro atoms. The maximum absolute atomic E-state index is 3.64. The number of nitrogens with zero attached hydrogens (tertiary/aromatic N) is 1. The molecule has 3 atom stereocenters. The van der Waals surface area contributed by atoms with Gasteiger partial charge in [0.1, 0.15) is 0 Å². The summed E-state index contributed by atoms with van der Waals surface area (Å²) >= 11 is 0. The van der Waals surface area contributed by atoms with Crippen molar-refractivity contribution in [3.05, 3.63) is 0 Å². The Morgan fingerprint density at radius 3 is 2.38 bits per heavy atom. The third kappa shape index (κ3) is 4.42. The molecule has 1 rings (SSSR count). The molecule has 1 saturated carbocycles. The smallest absolute Gasteiger partial charge is 0.0104 e. The van der Waals surface area contributed by atoms with Crippen LogP contribution in [0.2, 0.25) is 0 Å². The van der Waals surface area contributed by atoms with Crippen molar-refractivity contribution in [2.75, 3.05) is 13.6 Å². The molecule has 0 aromatic heterocycles. The van der Waals surface area contributed by atoms with Crippen molar-refractivity contribution in [3.8, 4) is 0 Å². The van der Waals surface area contributed by atoms with Gasteiger partial charge in [-0.05, 0) is 52.6 Å². The highest BCUT2D eigenvalue weighted by molar-refractivity contribution is 4.83. The lowest BCUT2D eigenvalue weighted by Crippen LogP contribution is -2.43. The summed E-state index contributed by atoms with van der Waals surface area (Å²) in [7, 11) is 2.28. The Bertz CT molecular complexity index is 189. The highest BCUT2D eigenvalue weighted by Gasteiger charge is 2.24. The van der Waals surface area contributed by atoms with Gasteiger partial charge in [-0.2, -0.15) is 0 Å². The molecule has 0 aromatic carbocycles. The van der Waals surface area contributed by atoms with E-state index in [0.29, 0.717) is 12.1 Å². The second-order valence-corrected chi connectivity index (χ2v) is 5.70. The quantitative estimate of drug-likeness (QED) is 0.684. The monoisotopic (exact) mass is 226 g/mol. The molecular weight excluding hydrogens is 196 g/mol. The van der Waals surface area contributed by atoms with E-state index in [2.05, 4.69) is 45.0 Å². The summed E-state index contributed by atoms with van der Waals surface area (Å²) in [6, 6.07) is 2.23. The van der Waals surface area contributed by atoms with Crippen molar-refractivity contribution < 1.29 is 0 Å². The molecule has 1 N–H and O–H groups in total. The molecule has 3 unspecified atom stereocenters. The van der Waals surface area contributed by atoms with Crippen LogP contribution in [0.25, 0.3) is 0 Å². The molecule has 16 heavy (non-hydrogen) atoms. The summed E-state index contributed by atoms with van der Waals surface area (Å²) in [6.07, 6.45) is 5.38. The maximum Gasteiger partial charge on any atom is 0.0104 e. The zero-order chi connectivity index (χ0) is 12.1. The summed E-state index contributed by atoms with van der Waals surface area (Å²) in [5.74, 6) is 0.741. The van der Waals surface area contributed by atoms with Gasteiger partial charge < -0.3 is 10.2 Å². The summed E-state index contributed by atoms with van der Waals surface area (Å²) in [5.41, 5.74) is 0. The van der Waals surface area contributed by atoms with Crippen LogP contribution in [-0.2, 0) is 0 Å². The standard InChI is InChI=1S/C14H30N2/c1-6-7-12(3)16(5)13(4)11(2)10-15-14-8-9-14/h11-15H,6-10H2,1-5H3. The fourth-order valence-electron chi connectivity index (χ4n) is 2.23. The van der Waals surface area contributed by atoms with Gasteiger partial charge >= 0.3 is 0 Å². The van der Waals surface area contributed by atoms with Gasteiger partial charge in [0.15, 0.2) is 0 Å². The van der Waals surface area contributed by atoms with E-state index in [1.165, 1.54) is 32.2 Å². The van der Waals surface area contributed by atoms with Gasteiger partial charge in [0, 0.05) is 18.1 Å². The number of nitrogens with one attached hydrogen (secondary N) is 1. The molecule has 1 fully saturated rings. The first-order chi connectivity index (χ1) is 7.56. The van der Waals surface area contributed by atoms with Crippen molar-refractivity contribution in [1.29, 1.82) is 0 Å². The molecule has 1 aliphatic rings. The third-order valence-electron chi connectivity index (χ3n) is 4.17. The normalized spacial score (nSPS) is 22.1. The fraction of sp³-hybridized carbons (Fsp3) is 1.00. The number of rotatable bonds is 8. The molecule has 0 aromatic rings. The molecule has 0 heterocycles. The van der Waals surface area contributed by atoms with E-state index < -0.39 is 0 Å². The topological polar surface area (TPSA) is 15.3 Å².